The van der Waals surface area contributed by atoms with Crippen LogP contribution in [-0.2, 0) is 19.1 Å². The lowest BCUT2D eigenvalue weighted by molar-refractivity contribution is -0.137. The average Bonchev–Trinajstić information content (AvgIpc) is 2.89. The molecule has 0 radical (unpaired) electrons. The van der Waals surface area contributed by atoms with Gasteiger partial charge in [0.1, 0.15) is 0 Å². The number of halogens is 3. The summed E-state index contributed by atoms with van der Waals surface area (Å²) in [6, 6.07) is 10.9. The largest absolute Gasteiger partial charge is 0.416 e. The van der Waals surface area contributed by atoms with Gasteiger partial charge >= 0.3 is 6.18 Å². The minimum Gasteiger partial charge on any atom is -0.398 e. The molecule has 0 saturated carbocycles. The van der Waals surface area contributed by atoms with E-state index in [0.717, 1.165) is 17.0 Å². The molecule has 3 aromatic rings. The Morgan fingerprint density at radius 2 is 1.86 bits per heavy atom. The normalized spacial score (nSPS) is 12.0. The van der Waals surface area contributed by atoms with Gasteiger partial charge in [0.15, 0.2) is 0 Å². The summed E-state index contributed by atoms with van der Waals surface area (Å²) in [4.78, 5) is 0. The Morgan fingerprint density at radius 3 is 2.64 bits per heavy atom. The highest BCUT2D eigenvalue weighted by Crippen LogP contribution is 2.29. The van der Waals surface area contributed by atoms with Crippen LogP contribution in [-0.4, -0.2) is 9.78 Å². The Kier molecular flexibility index (Phi) is 3.52. The van der Waals surface area contributed by atoms with Gasteiger partial charge in [0.2, 0.25) is 0 Å². The lowest BCUT2D eigenvalue weighted by Gasteiger charge is -2.09. The van der Waals surface area contributed by atoms with Crippen LogP contribution in [0.1, 0.15) is 11.1 Å². The molecule has 1 heterocycles. The number of anilines is 1. The topological polar surface area (TPSA) is 43.8 Å². The molecular weight excluding hydrogens is 291 g/mol. The summed E-state index contributed by atoms with van der Waals surface area (Å²) in [6.45, 7) is 0.494. The van der Waals surface area contributed by atoms with E-state index in [1.54, 1.807) is 23.0 Å². The predicted octanol–water partition coefficient (Wildman–Crippen LogP) is 3.88. The molecule has 0 aliphatic carbocycles. The van der Waals surface area contributed by atoms with Crippen LogP contribution in [0, 0.1) is 0 Å². The van der Waals surface area contributed by atoms with Crippen LogP contribution in [0.5, 0.6) is 0 Å². The van der Waals surface area contributed by atoms with Gasteiger partial charge in [0.25, 0.3) is 0 Å². The van der Waals surface area contributed by atoms with Crippen molar-refractivity contribution in [1.29, 1.82) is 0 Å². The van der Waals surface area contributed by atoms with E-state index in [9.17, 15) is 13.2 Å². The molecule has 0 atom stereocenters. The minimum atomic E-state index is -4.32. The molecule has 114 valence electrons. The van der Waals surface area contributed by atoms with Gasteiger partial charge in [0.05, 0.1) is 17.3 Å². The Hall–Kier alpha value is -2.50. The van der Waals surface area contributed by atoms with Crippen LogP contribution in [0.2, 0.25) is 0 Å². The monoisotopic (exact) mass is 305 g/mol. The molecule has 0 saturated heterocycles. The van der Waals surface area contributed by atoms with E-state index in [2.05, 4.69) is 5.10 Å². The third-order valence-corrected chi connectivity index (χ3v) is 3.59. The van der Waals surface area contributed by atoms with Crippen molar-refractivity contribution in [2.75, 3.05) is 5.73 Å². The number of hydrogen-bond donors (Lipinski definition) is 1. The maximum Gasteiger partial charge on any atom is 0.416 e. The second-order valence-corrected chi connectivity index (χ2v) is 5.10. The minimum absolute atomic E-state index is 0.468. The van der Waals surface area contributed by atoms with E-state index in [1.807, 2.05) is 12.1 Å². The van der Waals surface area contributed by atoms with Crippen molar-refractivity contribution in [2.45, 2.75) is 19.1 Å². The zero-order valence-corrected chi connectivity index (χ0v) is 11.6. The Labute approximate surface area is 125 Å². The first-order chi connectivity index (χ1) is 10.4. The number of fused-ring (bicyclic) bond motifs is 1. The first-order valence-electron chi connectivity index (χ1n) is 6.81. The molecule has 0 bridgehead atoms. The maximum absolute atomic E-state index is 12.7. The summed E-state index contributed by atoms with van der Waals surface area (Å²) in [5.74, 6) is 0. The molecule has 3 rings (SSSR count). The van der Waals surface area contributed by atoms with Crippen molar-refractivity contribution < 1.29 is 13.2 Å². The molecule has 2 aromatic carbocycles. The molecule has 3 nitrogen and oxygen atoms in total. The van der Waals surface area contributed by atoms with E-state index in [0.29, 0.717) is 24.2 Å². The molecular formula is C16H14F3N3. The van der Waals surface area contributed by atoms with Crippen molar-refractivity contribution in [3.05, 3.63) is 59.8 Å². The van der Waals surface area contributed by atoms with Gasteiger partial charge in [-0.3, -0.25) is 4.68 Å². The van der Waals surface area contributed by atoms with E-state index in [1.165, 1.54) is 12.1 Å². The van der Waals surface area contributed by atoms with Crippen LogP contribution in [0.3, 0.4) is 0 Å². The van der Waals surface area contributed by atoms with Crippen molar-refractivity contribution in [3.8, 4) is 0 Å². The number of nitrogens with two attached hydrogens (primary N) is 1. The van der Waals surface area contributed by atoms with Gasteiger partial charge in [0, 0.05) is 17.6 Å². The standard InChI is InChI=1S/C16H14F3N3/c17-16(18,19)12-4-1-3-11(9-12)7-8-22-15-6-2-5-14(20)13(15)10-21-22/h1-6,9-10H,7-8,20H2. The Bertz CT molecular complexity index is 806. The number of alkyl halides is 3. The van der Waals surface area contributed by atoms with Crippen LogP contribution in [0.4, 0.5) is 18.9 Å². The Morgan fingerprint density at radius 1 is 1.09 bits per heavy atom. The Balaban J connectivity index is 1.81. The zero-order chi connectivity index (χ0) is 15.7. The molecule has 0 unspecified atom stereocenters. The molecule has 2 N–H and O–H groups in total. The summed E-state index contributed by atoms with van der Waals surface area (Å²) < 4.78 is 39.9. The van der Waals surface area contributed by atoms with E-state index in [4.69, 9.17) is 5.73 Å². The maximum atomic E-state index is 12.7. The van der Waals surface area contributed by atoms with Gasteiger partial charge in [-0.05, 0) is 30.2 Å². The van der Waals surface area contributed by atoms with Crippen molar-refractivity contribution in [3.63, 3.8) is 0 Å². The van der Waals surface area contributed by atoms with Gasteiger partial charge < -0.3 is 5.73 Å². The third kappa shape index (κ3) is 2.77. The number of hydrogen-bond acceptors (Lipinski definition) is 2. The highest BCUT2D eigenvalue weighted by Gasteiger charge is 2.30. The lowest BCUT2D eigenvalue weighted by atomic mass is 10.1. The molecule has 0 amide bonds. The van der Waals surface area contributed by atoms with Gasteiger partial charge in [-0.25, -0.2) is 0 Å². The number of benzene rings is 2. The van der Waals surface area contributed by atoms with E-state index >= 15 is 0 Å². The smallest absolute Gasteiger partial charge is 0.398 e. The van der Waals surface area contributed by atoms with Crippen LogP contribution < -0.4 is 5.73 Å². The number of nitrogen functional groups attached to an aromatic ring is 1. The summed E-state index contributed by atoms with van der Waals surface area (Å²) in [5.41, 5.74) is 7.39. The van der Waals surface area contributed by atoms with E-state index < -0.39 is 11.7 Å². The summed E-state index contributed by atoms with van der Waals surface area (Å²) in [5, 5.41) is 5.11. The second kappa shape index (κ2) is 5.36. The number of nitrogens with zero attached hydrogens (tertiary/aromatic N) is 2. The average molecular weight is 305 g/mol. The highest BCUT2D eigenvalue weighted by molar-refractivity contribution is 5.90. The van der Waals surface area contributed by atoms with Crippen LogP contribution in [0.15, 0.2) is 48.7 Å². The molecule has 0 aliphatic rings. The first kappa shape index (κ1) is 14.4. The summed E-state index contributed by atoms with van der Waals surface area (Å²) >= 11 is 0. The molecule has 0 fully saturated rings. The highest BCUT2D eigenvalue weighted by atomic mass is 19.4. The fraction of sp³-hybridized carbons (Fsp3) is 0.188. The van der Waals surface area contributed by atoms with Crippen molar-refractivity contribution in [2.24, 2.45) is 0 Å². The van der Waals surface area contributed by atoms with Gasteiger partial charge in [-0.2, -0.15) is 18.3 Å². The van der Waals surface area contributed by atoms with E-state index in [-0.39, 0.29) is 0 Å². The van der Waals surface area contributed by atoms with Gasteiger partial charge in [-0.1, -0.05) is 24.3 Å². The van der Waals surface area contributed by atoms with Crippen molar-refractivity contribution in [1.82, 2.24) is 9.78 Å². The zero-order valence-electron chi connectivity index (χ0n) is 11.6. The fourth-order valence-corrected chi connectivity index (χ4v) is 2.44. The quantitative estimate of drug-likeness (QED) is 0.746. The number of aromatic nitrogens is 2. The molecule has 0 spiro atoms. The SMILES string of the molecule is Nc1cccc2c1cnn2CCc1cccc(C(F)(F)F)c1. The number of aryl methyl sites for hydroxylation is 2. The summed E-state index contributed by atoms with van der Waals surface area (Å²) in [6.07, 6.45) is -2.17. The molecule has 6 heteroatoms. The van der Waals surface area contributed by atoms with Crippen molar-refractivity contribution >= 4 is 16.6 Å². The molecule has 0 aliphatic heterocycles. The number of rotatable bonds is 3. The first-order valence-corrected chi connectivity index (χ1v) is 6.81. The third-order valence-electron chi connectivity index (χ3n) is 3.59. The second-order valence-electron chi connectivity index (χ2n) is 5.10. The summed E-state index contributed by atoms with van der Waals surface area (Å²) in [7, 11) is 0. The predicted molar refractivity (Wildman–Crippen MR) is 79.3 cm³/mol. The fourth-order valence-electron chi connectivity index (χ4n) is 2.44. The molecule has 1 aromatic heterocycles. The lowest BCUT2D eigenvalue weighted by Crippen LogP contribution is -2.07. The van der Waals surface area contributed by atoms with Gasteiger partial charge in [-0.15, -0.1) is 0 Å². The van der Waals surface area contributed by atoms with Crippen LogP contribution in [0.25, 0.3) is 10.9 Å². The van der Waals surface area contributed by atoms with Crippen LogP contribution >= 0.6 is 0 Å². The molecule has 22 heavy (non-hydrogen) atoms.